The minimum absolute atomic E-state index is 0.102. The number of nitrogens with one attached hydrogen (secondary N) is 1. The van der Waals surface area contributed by atoms with E-state index in [1.807, 2.05) is 0 Å². The van der Waals surface area contributed by atoms with Crippen molar-refractivity contribution in [3.63, 3.8) is 0 Å². The Bertz CT molecular complexity index is 626. The van der Waals surface area contributed by atoms with E-state index in [9.17, 15) is 4.79 Å². The largest absolute Gasteiger partial charge is 0.305 e. The lowest BCUT2D eigenvalue weighted by molar-refractivity contribution is 0.101. The van der Waals surface area contributed by atoms with Crippen LogP contribution in [0.3, 0.4) is 0 Å². The van der Waals surface area contributed by atoms with Gasteiger partial charge in [-0.1, -0.05) is 32.4 Å². The number of hydrogen-bond donors (Lipinski definition) is 1. The van der Waals surface area contributed by atoms with Crippen LogP contribution in [0.5, 0.6) is 0 Å². The van der Waals surface area contributed by atoms with Gasteiger partial charge in [-0.3, -0.25) is 9.48 Å². The van der Waals surface area contributed by atoms with E-state index in [4.69, 9.17) is 11.6 Å². The number of anilines is 1. The number of nitrogens with zero attached hydrogens (tertiary/aromatic N) is 3. The van der Waals surface area contributed by atoms with Gasteiger partial charge in [0.25, 0.3) is 5.91 Å². The molecular weight excluding hydrogens is 276 g/mol. The van der Waals surface area contributed by atoms with Crippen LogP contribution in [-0.2, 0) is 12.5 Å². The molecule has 0 radical (unpaired) electrons. The van der Waals surface area contributed by atoms with Crippen molar-refractivity contribution in [2.45, 2.75) is 26.2 Å². The molecule has 0 aromatic carbocycles. The summed E-state index contributed by atoms with van der Waals surface area (Å²) in [5, 5.41) is 7.62. The number of carbonyl (C=O) groups is 1. The third kappa shape index (κ3) is 3.17. The first-order valence-corrected chi connectivity index (χ1v) is 6.62. The first-order valence-electron chi connectivity index (χ1n) is 6.25. The Morgan fingerprint density at radius 3 is 2.55 bits per heavy atom. The van der Waals surface area contributed by atoms with Gasteiger partial charge in [0.1, 0.15) is 11.5 Å². The molecule has 2 aromatic rings. The summed E-state index contributed by atoms with van der Waals surface area (Å²) in [6, 6.07) is 5.13. The molecule has 0 fully saturated rings. The fraction of sp³-hybridized carbons (Fsp3) is 0.357. The predicted octanol–water partition coefficient (Wildman–Crippen LogP) is 3.02. The van der Waals surface area contributed by atoms with Crippen LogP contribution in [0.25, 0.3) is 0 Å². The normalized spacial score (nSPS) is 11.4. The van der Waals surface area contributed by atoms with E-state index < -0.39 is 0 Å². The van der Waals surface area contributed by atoms with Crippen LogP contribution in [0.15, 0.2) is 24.4 Å². The van der Waals surface area contributed by atoms with E-state index >= 15 is 0 Å². The van der Waals surface area contributed by atoms with Crippen molar-refractivity contribution in [1.29, 1.82) is 0 Å². The lowest BCUT2D eigenvalue weighted by Crippen LogP contribution is -2.16. The zero-order valence-corrected chi connectivity index (χ0v) is 12.7. The number of aryl methyl sites for hydroxylation is 1. The van der Waals surface area contributed by atoms with Crippen molar-refractivity contribution >= 4 is 23.3 Å². The minimum atomic E-state index is -0.245. The Labute approximate surface area is 123 Å². The number of aromatic nitrogens is 3. The zero-order valence-electron chi connectivity index (χ0n) is 11.9. The van der Waals surface area contributed by atoms with Crippen LogP contribution in [0, 0.1) is 0 Å². The summed E-state index contributed by atoms with van der Waals surface area (Å²) in [5.74, 6) is 0.211. The molecule has 0 saturated heterocycles. The van der Waals surface area contributed by atoms with Gasteiger partial charge in [-0.15, -0.1) is 0 Å². The van der Waals surface area contributed by atoms with Gasteiger partial charge in [-0.2, -0.15) is 5.10 Å². The van der Waals surface area contributed by atoms with Crippen LogP contribution >= 0.6 is 11.6 Å². The smallest absolute Gasteiger partial charge is 0.275 e. The molecule has 0 unspecified atom stereocenters. The Hall–Kier alpha value is -1.88. The summed E-state index contributed by atoms with van der Waals surface area (Å²) in [6.07, 6.45) is 1.49. The van der Waals surface area contributed by atoms with Gasteiger partial charge in [0.05, 0.1) is 10.7 Å². The van der Waals surface area contributed by atoms with Gasteiger partial charge >= 0.3 is 0 Å². The highest BCUT2D eigenvalue weighted by Crippen LogP contribution is 2.21. The number of pyridine rings is 1. The van der Waals surface area contributed by atoms with E-state index in [0.29, 0.717) is 16.5 Å². The van der Waals surface area contributed by atoms with Crippen molar-refractivity contribution in [2.75, 3.05) is 5.32 Å². The van der Waals surface area contributed by atoms with Crippen LogP contribution < -0.4 is 5.32 Å². The standard InChI is InChI=1S/C14H17ClN4O/c1-14(2,3)11-7-10(19(4)18-11)13(20)17-12-6-5-9(15)8-16-12/h5-8H,1-4H3,(H,16,17,20). The second kappa shape index (κ2) is 5.25. The van der Waals surface area contributed by atoms with Crippen LogP contribution in [0.2, 0.25) is 5.02 Å². The molecule has 0 aliphatic rings. The fourth-order valence-corrected chi connectivity index (χ4v) is 1.79. The predicted molar refractivity (Wildman–Crippen MR) is 79.1 cm³/mol. The van der Waals surface area contributed by atoms with Crippen molar-refractivity contribution < 1.29 is 4.79 Å². The summed E-state index contributed by atoms with van der Waals surface area (Å²) >= 11 is 5.75. The summed E-state index contributed by atoms with van der Waals surface area (Å²) in [5.41, 5.74) is 1.26. The summed E-state index contributed by atoms with van der Waals surface area (Å²) < 4.78 is 1.58. The second-order valence-electron chi connectivity index (χ2n) is 5.60. The Kier molecular flexibility index (Phi) is 3.81. The summed E-state index contributed by atoms with van der Waals surface area (Å²) in [6.45, 7) is 6.16. The first-order chi connectivity index (χ1) is 9.27. The van der Waals surface area contributed by atoms with E-state index in [1.54, 1.807) is 29.9 Å². The quantitative estimate of drug-likeness (QED) is 0.925. The van der Waals surface area contributed by atoms with Gasteiger partial charge in [-0.05, 0) is 18.2 Å². The number of halogens is 1. The molecule has 0 spiro atoms. The number of carbonyl (C=O) groups excluding carboxylic acids is 1. The Balaban J connectivity index is 2.21. The number of amides is 1. The van der Waals surface area contributed by atoms with Crippen molar-refractivity contribution in [1.82, 2.24) is 14.8 Å². The van der Waals surface area contributed by atoms with Gasteiger partial charge < -0.3 is 5.32 Å². The maximum absolute atomic E-state index is 12.2. The van der Waals surface area contributed by atoms with Crippen LogP contribution in [0.1, 0.15) is 37.0 Å². The van der Waals surface area contributed by atoms with E-state index in [2.05, 4.69) is 36.2 Å². The van der Waals surface area contributed by atoms with Crippen molar-refractivity contribution in [3.8, 4) is 0 Å². The summed E-state index contributed by atoms with van der Waals surface area (Å²) in [4.78, 5) is 16.3. The highest BCUT2D eigenvalue weighted by Gasteiger charge is 2.21. The average Bonchev–Trinajstić information content (AvgIpc) is 2.74. The third-order valence-corrected chi connectivity index (χ3v) is 3.07. The molecule has 106 valence electrons. The zero-order chi connectivity index (χ0) is 14.9. The van der Waals surface area contributed by atoms with Crippen molar-refractivity contribution in [2.24, 2.45) is 7.05 Å². The molecule has 0 aliphatic carbocycles. The molecule has 0 aliphatic heterocycles. The van der Waals surface area contributed by atoms with Gasteiger partial charge in [-0.25, -0.2) is 4.98 Å². The van der Waals surface area contributed by atoms with Crippen molar-refractivity contribution in [3.05, 3.63) is 40.8 Å². The summed E-state index contributed by atoms with van der Waals surface area (Å²) in [7, 11) is 1.75. The molecule has 1 amide bonds. The molecule has 5 nitrogen and oxygen atoms in total. The molecule has 0 saturated carbocycles. The highest BCUT2D eigenvalue weighted by atomic mass is 35.5. The van der Waals surface area contributed by atoms with Gasteiger partial charge in [0.15, 0.2) is 0 Å². The number of rotatable bonds is 2. The molecule has 0 atom stereocenters. The fourth-order valence-electron chi connectivity index (χ4n) is 1.68. The molecule has 2 rings (SSSR count). The van der Waals surface area contributed by atoms with Crippen LogP contribution in [0.4, 0.5) is 5.82 Å². The van der Waals surface area contributed by atoms with Gasteiger partial charge in [0.2, 0.25) is 0 Å². The molecule has 0 bridgehead atoms. The molecule has 6 heteroatoms. The average molecular weight is 293 g/mol. The van der Waals surface area contributed by atoms with Crippen LogP contribution in [-0.4, -0.2) is 20.7 Å². The molecule has 2 aromatic heterocycles. The Morgan fingerprint density at radius 1 is 1.35 bits per heavy atom. The number of hydrogen-bond acceptors (Lipinski definition) is 3. The highest BCUT2D eigenvalue weighted by molar-refractivity contribution is 6.30. The third-order valence-electron chi connectivity index (χ3n) is 2.85. The molecular formula is C14H17ClN4O. The minimum Gasteiger partial charge on any atom is -0.305 e. The lowest BCUT2D eigenvalue weighted by atomic mass is 9.92. The first kappa shape index (κ1) is 14.5. The maximum Gasteiger partial charge on any atom is 0.275 e. The van der Waals surface area contributed by atoms with Gasteiger partial charge in [0, 0.05) is 18.7 Å². The maximum atomic E-state index is 12.2. The Morgan fingerprint density at radius 2 is 2.05 bits per heavy atom. The SMILES string of the molecule is Cn1nc(C(C)(C)C)cc1C(=O)Nc1ccc(Cl)cn1. The monoisotopic (exact) mass is 292 g/mol. The second-order valence-corrected chi connectivity index (χ2v) is 6.04. The molecule has 2 heterocycles. The lowest BCUT2D eigenvalue weighted by Gasteiger charge is -2.13. The van der Waals surface area contributed by atoms with E-state index in [1.165, 1.54) is 6.20 Å². The molecule has 1 N–H and O–H groups in total. The van der Waals surface area contributed by atoms with E-state index in [0.717, 1.165) is 5.69 Å². The molecule has 20 heavy (non-hydrogen) atoms. The topological polar surface area (TPSA) is 59.8 Å². The van der Waals surface area contributed by atoms with E-state index in [-0.39, 0.29) is 11.3 Å².